The quantitative estimate of drug-likeness (QED) is 0.761. The van der Waals surface area contributed by atoms with Crippen molar-refractivity contribution >= 4 is 0 Å². The molecule has 0 aromatic carbocycles. The standard InChI is InChI=1S/C10H19N3/c1-9(2,3)7-10(4,5)8-6-11-13-12-8/h6H,7H2,1-5H3,(H,11,12,13). The Hall–Kier alpha value is -0.860. The zero-order valence-corrected chi connectivity index (χ0v) is 9.18. The van der Waals surface area contributed by atoms with E-state index in [1.807, 2.05) is 6.20 Å². The van der Waals surface area contributed by atoms with E-state index in [9.17, 15) is 0 Å². The summed E-state index contributed by atoms with van der Waals surface area (Å²) in [5.74, 6) is 0. The minimum absolute atomic E-state index is 0.127. The molecule has 0 saturated heterocycles. The van der Waals surface area contributed by atoms with Gasteiger partial charge in [0.15, 0.2) is 0 Å². The maximum absolute atomic E-state index is 3.81. The molecule has 0 radical (unpaired) electrons. The lowest BCUT2D eigenvalue weighted by Crippen LogP contribution is -2.25. The Morgan fingerprint density at radius 3 is 2.23 bits per heavy atom. The lowest BCUT2D eigenvalue weighted by molar-refractivity contribution is 0.279. The second-order valence-corrected chi connectivity index (χ2v) is 5.49. The first-order valence-corrected chi connectivity index (χ1v) is 4.68. The molecule has 1 heterocycles. The van der Waals surface area contributed by atoms with Crippen molar-refractivity contribution in [2.45, 2.75) is 46.5 Å². The molecule has 0 amide bonds. The van der Waals surface area contributed by atoms with Gasteiger partial charge in [-0.2, -0.15) is 0 Å². The van der Waals surface area contributed by atoms with Gasteiger partial charge in [0.05, 0.1) is 11.9 Å². The van der Waals surface area contributed by atoms with E-state index in [2.05, 4.69) is 50.0 Å². The first kappa shape index (κ1) is 10.2. The van der Waals surface area contributed by atoms with Crippen LogP contribution in [0.25, 0.3) is 0 Å². The lowest BCUT2D eigenvalue weighted by Gasteiger charge is -2.30. The number of rotatable bonds is 2. The third-order valence-corrected chi connectivity index (χ3v) is 2.12. The van der Waals surface area contributed by atoms with Gasteiger partial charge < -0.3 is 0 Å². The van der Waals surface area contributed by atoms with Gasteiger partial charge >= 0.3 is 0 Å². The molecule has 0 unspecified atom stereocenters. The van der Waals surface area contributed by atoms with E-state index >= 15 is 0 Å². The molecule has 1 aromatic heterocycles. The maximum Gasteiger partial charge on any atom is 0.0728 e. The molecule has 74 valence electrons. The summed E-state index contributed by atoms with van der Waals surface area (Å²) in [4.78, 5) is 0. The molecule has 0 atom stereocenters. The molecule has 0 aliphatic rings. The fourth-order valence-corrected chi connectivity index (χ4v) is 1.95. The van der Waals surface area contributed by atoms with E-state index in [-0.39, 0.29) is 5.41 Å². The Kier molecular flexibility index (Phi) is 2.46. The lowest BCUT2D eigenvalue weighted by atomic mass is 9.75. The molecule has 13 heavy (non-hydrogen) atoms. The summed E-state index contributed by atoms with van der Waals surface area (Å²) in [6.07, 6.45) is 2.93. The van der Waals surface area contributed by atoms with E-state index in [0.29, 0.717) is 5.41 Å². The minimum atomic E-state index is 0.127. The van der Waals surface area contributed by atoms with Gasteiger partial charge in [-0.3, -0.25) is 5.10 Å². The highest BCUT2D eigenvalue weighted by molar-refractivity contribution is 5.08. The first-order valence-electron chi connectivity index (χ1n) is 4.68. The van der Waals surface area contributed by atoms with Gasteiger partial charge in [0.25, 0.3) is 0 Å². The molecular formula is C10H19N3. The van der Waals surface area contributed by atoms with Crippen LogP contribution >= 0.6 is 0 Å². The molecule has 3 heteroatoms. The van der Waals surface area contributed by atoms with Crippen LogP contribution < -0.4 is 0 Å². The topological polar surface area (TPSA) is 41.6 Å². The molecular weight excluding hydrogens is 162 g/mol. The van der Waals surface area contributed by atoms with Crippen LogP contribution in [0.5, 0.6) is 0 Å². The first-order chi connectivity index (χ1) is 5.81. The number of aromatic nitrogens is 3. The fraction of sp³-hybridized carbons (Fsp3) is 0.800. The Labute approximate surface area is 79.9 Å². The second kappa shape index (κ2) is 3.13. The summed E-state index contributed by atoms with van der Waals surface area (Å²) < 4.78 is 0. The molecule has 0 aliphatic carbocycles. The van der Waals surface area contributed by atoms with Crippen molar-refractivity contribution in [2.24, 2.45) is 5.41 Å². The highest BCUT2D eigenvalue weighted by Gasteiger charge is 2.28. The van der Waals surface area contributed by atoms with Gasteiger partial charge in [0, 0.05) is 5.41 Å². The summed E-state index contributed by atoms with van der Waals surface area (Å²) in [5.41, 5.74) is 1.57. The van der Waals surface area contributed by atoms with E-state index < -0.39 is 0 Å². The number of hydrogen-bond acceptors (Lipinski definition) is 2. The maximum atomic E-state index is 3.81. The largest absolute Gasteiger partial charge is 0.262 e. The summed E-state index contributed by atoms with van der Waals surface area (Å²) in [6, 6.07) is 0. The van der Waals surface area contributed by atoms with Crippen LogP contribution in [0.1, 0.15) is 46.7 Å². The Morgan fingerprint density at radius 1 is 1.23 bits per heavy atom. The molecule has 1 rings (SSSR count). The van der Waals surface area contributed by atoms with Crippen molar-refractivity contribution in [2.75, 3.05) is 0 Å². The Bertz CT molecular complexity index is 254. The molecule has 0 fully saturated rings. The average molecular weight is 181 g/mol. The van der Waals surface area contributed by atoms with Crippen molar-refractivity contribution in [1.82, 2.24) is 15.4 Å². The van der Waals surface area contributed by atoms with Gasteiger partial charge in [-0.15, -0.1) is 5.10 Å². The van der Waals surface area contributed by atoms with Crippen LogP contribution in [0.4, 0.5) is 0 Å². The third kappa shape index (κ3) is 2.83. The highest BCUT2D eigenvalue weighted by atomic mass is 15.3. The van der Waals surface area contributed by atoms with E-state index in [1.165, 1.54) is 0 Å². The van der Waals surface area contributed by atoms with Crippen LogP contribution in [-0.2, 0) is 5.41 Å². The van der Waals surface area contributed by atoms with Gasteiger partial charge in [0.2, 0.25) is 0 Å². The third-order valence-electron chi connectivity index (χ3n) is 2.12. The molecule has 1 aromatic rings. The van der Waals surface area contributed by atoms with E-state index in [0.717, 1.165) is 12.1 Å². The summed E-state index contributed by atoms with van der Waals surface area (Å²) in [5, 5.41) is 10.5. The monoisotopic (exact) mass is 181 g/mol. The van der Waals surface area contributed by atoms with Crippen molar-refractivity contribution in [3.05, 3.63) is 11.9 Å². The van der Waals surface area contributed by atoms with Crippen molar-refractivity contribution < 1.29 is 0 Å². The smallest absolute Gasteiger partial charge is 0.0728 e. The number of hydrogen-bond donors (Lipinski definition) is 1. The molecule has 1 N–H and O–H groups in total. The van der Waals surface area contributed by atoms with Crippen LogP contribution in [0.2, 0.25) is 0 Å². The minimum Gasteiger partial charge on any atom is -0.262 e. The van der Waals surface area contributed by atoms with Gasteiger partial charge in [-0.25, -0.2) is 0 Å². The highest BCUT2D eigenvalue weighted by Crippen LogP contribution is 2.34. The van der Waals surface area contributed by atoms with Crippen LogP contribution in [-0.4, -0.2) is 15.4 Å². The zero-order valence-electron chi connectivity index (χ0n) is 9.18. The average Bonchev–Trinajstić information content (AvgIpc) is 2.29. The Morgan fingerprint density at radius 2 is 1.85 bits per heavy atom. The second-order valence-electron chi connectivity index (χ2n) is 5.49. The van der Waals surface area contributed by atoms with Gasteiger partial charge in [-0.1, -0.05) is 39.8 Å². The number of H-pyrrole nitrogens is 1. The SMILES string of the molecule is CC(C)(C)CC(C)(C)c1cnn[nH]1. The summed E-state index contributed by atoms with van der Waals surface area (Å²) >= 11 is 0. The number of nitrogens with zero attached hydrogens (tertiary/aromatic N) is 2. The molecule has 3 nitrogen and oxygen atoms in total. The molecule has 0 spiro atoms. The van der Waals surface area contributed by atoms with Crippen molar-refractivity contribution in [3.63, 3.8) is 0 Å². The molecule has 0 aliphatic heterocycles. The zero-order chi connectivity index (χ0) is 10.1. The number of nitrogens with one attached hydrogen (secondary N) is 1. The van der Waals surface area contributed by atoms with Crippen LogP contribution in [0.3, 0.4) is 0 Å². The van der Waals surface area contributed by atoms with Crippen LogP contribution in [0, 0.1) is 5.41 Å². The molecule has 0 bridgehead atoms. The van der Waals surface area contributed by atoms with Crippen molar-refractivity contribution in [3.8, 4) is 0 Å². The van der Waals surface area contributed by atoms with Gasteiger partial charge in [-0.05, 0) is 11.8 Å². The predicted molar refractivity (Wildman–Crippen MR) is 53.5 cm³/mol. The van der Waals surface area contributed by atoms with Crippen LogP contribution in [0.15, 0.2) is 6.20 Å². The molecule has 0 saturated carbocycles. The Balaban J connectivity index is 2.78. The summed E-state index contributed by atoms with van der Waals surface area (Å²) in [6.45, 7) is 11.2. The van der Waals surface area contributed by atoms with E-state index in [1.54, 1.807) is 0 Å². The van der Waals surface area contributed by atoms with E-state index in [4.69, 9.17) is 0 Å². The summed E-state index contributed by atoms with van der Waals surface area (Å²) in [7, 11) is 0. The van der Waals surface area contributed by atoms with Gasteiger partial charge in [0.1, 0.15) is 0 Å². The number of aromatic amines is 1. The van der Waals surface area contributed by atoms with Crippen molar-refractivity contribution in [1.29, 1.82) is 0 Å². The normalized spacial score (nSPS) is 13.3. The fourth-order valence-electron chi connectivity index (χ4n) is 1.95. The predicted octanol–water partition coefficient (Wildman–Crippen LogP) is 2.52.